The van der Waals surface area contributed by atoms with E-state index in [2.05, 4.69) is 65.8 Å². The summed E-state index contributed by atoms with van der Waals surface area (Å²) >= 11 is 0. The van der Waals surface area contributed by atoms with Gasteiger partial charge in [-0.05, 0) is 25.3 Å². The lowest BCUT2D eigenvalue weighted by molar-refractivity contribution is 0.372. The summed E-state index contributed by atoms with van der Waals surface area (Å²) in [7, 11) is 0. The monoisotopic (exact) mass is 314 g/mol. The summed E-state index contributed by atoms with van der Waals surface area (Å²) in [6.45, 7) is 10.4. The first-order valence-corrected chi connectivity index (χ1v) is 8.11. The molecule has 0 radical (unpaired) electrons. The largest absolute Gasteiger partial charge is 0.359 e. The predicted molar refractivity (Wildman–Crippen MR) is 93.4 cm³/mol. The Morgan fingerprint density at radius 1 is 1.22 bits per heavy atom. The number of aromatic nitrogens is 1. The van der Waals surface area contributed by atoms with Crippen molar-refractivity contribution < 1.29 is 4.52 Å². The zero-order valence-electron chi connectivity index (χ0n) is 14.4. The molecule has 0 aliphatic heterocycles. The SMILES string of the molecule is CCNC(=NCc1ccc(C)cc1)NCc1cc(C(C)C)no1. The third-order valence-corrected chi connectivity index (χ3v) is 3.48. The first-order valence-electron chi connectivity index (χ1n) is 8.11. The van der Waals surface area contributed by atoms with Crippen molar-refractivity contribution in [2.45, 2.75) is 46.7 Å². The number of guanidine groups is 1. The highest BCUT2D eigenvalue weighted by Crippen LogP contribution is 2.13. The molecule has 2 rings (SSSR count). The molecule has 0 amide bonds. The van der Waals surface area contributed by atoms with Crippen molar-refractivity contribution in [2.24, 2.45) is 4.99 Å². The van der Waals surface area contributed by atoms with Gasteiger partial charge in [0.15, 0.2) is 11.7 Å². The van der Waals surface area contributed by atoms with E-state index >= 15 is 0 Å². The lowest BCUT2D eigenvalue weighted by atomic mass is 10.1. The molecule has 0 spiro atoms. The third-order valence-electron chi connectivity index (χ3n) is 3.48. The second kappa shape index (κ2) is 8.36. The summed E-state index contributed by atoms with van der Waals surface area (Å²) in [5, 5.41) is 10.6. The van der Waals surface area contributed by atoms with E-state index in [1.807, 2.05) is 13.0 Å². The number of hydrogen-bond acceptors (Lipinski definition) is 3. The molecule has 0 saturated carbocycles. The van der Waals surface area contributed by atoms with Crippen LogP contribution < -0.4 is 10.6 Å². The average molecular weight is 314 g/mol. The highest BCUT2D eigenvalue weighted by atomic mass is 16.5. The van der Waals surface area contributed by atoms with E-state index in [1.54, 1.807) is 0 Å². The summed E-state index contributed by atoms with van der Waals surface area (Å²) in [5.74, 6) is 1.96. The Bertz CT molecular complexity index is 629. The van der Waals surface area contributed by atoms with E-state index < -0.39 is 0 Å². The molecule has 5 heteroatoms. The van der Waals surface area contributed by atoms with Gasteiger partial charge in [0.2, 0.25) is 0 Å². The molecule has 0 aliphatic rings. The number of aryl methyl sites for hydroxylation is 1. The molecule has 23 heavy (non-hydrogen) atoms. The van der Waals surface area contributed by atoms with Crippen LogP contribution in [0.1, 0.15) is 49.3 Å². The highest BCUT2D eigenvalue weighted by Gasteiger charge is 2.08. The van der Waals surface area contributed by atoms with Gasteiger partial charge in [-0.1, -0.05) is 48.8 Å². The van der Waals surface area contributed by atoms with Crippen LogP contribution in [-0.4, -0.2) is 17.7 Å². The summed E-state index contributed by atoms with van der Waals surface area (Å²) in [5.41, 5.74) is 3.42. The normalized spacial score (nSPS) is 11.8. The van der Waals surface area contributed by atoms with E-state index in [1.165, 1.54) is 11.1 Å². The van der Waals surface area contributed by atoms with E-state index in [4.69, 9.17) is 4.52 Å². The minimum Gasteiger partial charge on any atom is -0.359 e. The van der Waals surface area contributed by atoms with Crippen molar-refractivity contribution in [1.29, 1.82) is 0 Å². The van der Waals surface area contributed by atoms with Gasteiger partial charge >= 0.3 is 0 Å². The maximum atomic E-state index is 5.34. The van der Waals surface area contributed by atoms with Crippen molar-refractivity contribution in [3.63, 3.8) is 0 Å². The molecule has 0 atom stereocenters. The van der Waals surface area contributed by atoms with Crippen LogP contribution in [0.3, 0.4) is 0 Å². The standard InChI is InChI=1S/C18H26N4O/c1-5-19-18(20-11-15-8-6-14(4)7-9-15)21-12-16-10-17(13(2)3)22-23-16/h6-10,13H,5,11-12H2,1-4H3,(H2,19,20,21). The molecule has 1 aromatic carbocycles. The Balaban J connectivity index is 1.94. The molecule has 0 aliphatic carbocycles. The lowest BCUT2D eigenvalue weighted by Gasteiger charge is -2.09. The van der Waals surface area contributed by atoms with Crippen molar-refractivity contribution >= 4 is 5.96 Å². The van der Waals surface area contributed by atoms with Crippen LogP contribution in [0.25, 0.3) is 0 Å². The van der Waals surface area contributed by atoms with E-state index in [0.29, 0.717) is 19.0 Å². The number of hydrogen-bond donors (Lipinski definition) is 2. The number of nitrogens with zero attached hydrogens (tertiary/aromatic N) is 2. The molecule has 0 fully saturated rings. The minimum atomic E-state index is 0.371. The van der Waals surface area contributed by atoms with Crippen LogP contribution >= 0.6 is 0 Å². The van der Waals surface area contributed by atoms with Crippen LogP contribution in [-0.2, 0) is 13.1 Å². The van der Waals surface area contributed by atoms with Crippen LogP contribution in [0, 0.1) is 6.92 Å². The minimum absolute atomic E-state index is 0.371. The quantitative estimate of drug-likeness (QED) is 0.634. The first kappa shape index (κ1) is 17.1. The van der Waals surface area contributed by atoms with Gasteiger partial charge in [0, 0.05) is 12.6 Å². The summed E-state index contributed by atoms with van der Waals surface area (Å²) in [4.78, 5) is 4.60. The zero-order chi connectivity index (χ0) is 16.7. The molecule has 2 aromatic rings. The highest BCUT2D eigenvalue weighted by molar-refractivity contribution is 5.79. The van der Waals surface area contributed by atoms with Gasteiger partial charge in [0.05, 0.1) is 18.8 Å². The molecular weight excluding hydrogens is 288 g/mol. The van der Waals surface area contributed by atoms with Gasteiger partial charge in [-0.2, -0.15) is 0 Å². The number of nitrogens with one attached hydrogen (secondary N) is 2. The topological polar surface area (TPSA) is 62.5 Å². The smallest absolute Gasteiger partial charge is 0.191 e. The molecule has 0 saturated heterocycles. The van der Waals surface area contributed by atoms with Gasteiger partial charge in [-0.15, -0.1) is 0 Å². The molecule has 0 bridgehead atoms. The summed E-state index contributed by atoms with van der Waals surface area (Å²) < 4.78 is 5.34. The fourth-order valence-electron chi connectivity index (χ4n) is 2.06. The fourth-order valence-corrected chi connectivity index (χ4v) is 2.06. The third kappa shape index (κ3) is 5.43. The number of rotatable bonds is 6. The Labute approximate surface area is 138 Å². The Morgan fingerprint density at radius 3 is 2.57 bits per heavy atom. The zero-order valence-corrected chi connectivity index (χ0v) is 14.4. The molecule has 0 unspecified atom stereocenters. The second-order valence-corrected chi connectivity index (χ2v) is 5.91. The van der Waals surface area contributed by atoms with Gasteiger partial charge in [0.1, 0.15) is 0 Å². The summed E-state index contributed by atoms with van der Waals surface area (Å²) in [6.07, 6.45) is 0. The maximum absolute atomic E-state index is 5.34. The van der Waals surface area contributed by atoms with Crippen LogP contribution in [0.4, 0.5) is 0 Å². The molecule has 1 aromatic heterocycles. The van der Waals surface area contributed by atoms with Crippen LogP contribution in [0.15, 0.2) is 39.8 Å². The Kier molecular flexibility index (Phi) is 6.20. The Morgan fingerprint density at radius 2 is 1.96 bits per heavy atom. The fraction of sp³-hybridized carbons (Fsp3) is 0.444. The van der Waals surface area contributed by atoms with Gasteiger partial charge < -0.3 is 15.2 Å². The van der Waals surface area contributed by atoms with E-state index in [-0.39, 0.29) is 0 Å². The van der Waals surface area contributed by atoms with Gasteiger partial charge in [-0.25, -0.2) is 4.99 Å². The van der Waals surface area contributed by atoms with Gasteiger partial charge in [-0.3, -0.25) is 0 Å². The molecule has 2 N–H and O–H groups in total. The second-order valence-electron chi connectivity index (χ2n) is 5.91. The average Bonchev–Trinajstić information content (AvgIpc) is 3.01. The summed E-state index contributed by atoms with van der Waals surface area (Å²) in [6, 6.07) is 10.4. The van der Waals surface area contributed by atoms with Crippen molar-refractivity contribution in [3.8, 4) is 0 Å². The van der Waals surface area contributed by atoms with E-state index in [9.17, 15) is 0 Å². The van der Waals surface area contributed by atoms with Crippen molar-refractivity contribution in [2.75, 3.05) is 6.54 Å². The van der Waals surface area contributed by atoms with Gasteiger partial charge in [0.25, 0.3) is 0 Å². The molecule has 124 valence electrons. The Hall–Kier alpha value is -2.30. The van der Waals surface area contributed by atoms with Crippen molar-refractivity contribution in [1.82, 2.24) is 15.8 Å². The maximum Gasteiger partial charge on any atom is 0.191 e. The number of benzene rings is 1. The van der Waals surface area contributed by atoms with E-state index in [0.717, 1.165) is 24.0 Å². The number of aliphatic imine (C=N–C) groups is 1. The molecular formula is C18H26N4O. The first-order chi connectivity index (χ1) is 11.1. The predicted octanol–water partition coefficient (Wildman–Crippen LogP) is 3.36. The van der Waals surface area contributed by atoms with Crippen LogP contribution in [0.5, 0.6) is 0 Å². The molecule has 1 heterocycles. The lowest BCUT2D eigenvalue weighted by Crippen LogP contribution is -2.36. The van der Waals surface area contributed by atoms with Crippen molar-refractivity contribution in [3.05, 3.63) is 52.9 Å². The van der Waals surface area contributed by atoms with Crippen LogP contribution in [0.2, 0.25) is 0 Å². The molecule has 5 nitrogen and oxygen atoms in total.